The normalized spacial score (nSPS) is 14.9. The summed E-state index contributed by atoms with van der Waals surface area (Å²) in [4.78, 5) is 10.5. The van der Waals surface area contributed by atoms with Gasteiger partial charge in [-0.3, -0.25) is 4.79 Å². The highest BCUT2D eigenvalue weighted by Gasteiger charge is 2.16. The molecule has 0 bridgehead atoms. The summed E-state index contributed by atoms with van der Waals surface area (Å²) in [5.74, 6) is 0.848. The van der Waals surface area contributed by atoms with Crippen LogP contribution in [0.3, 0.4) is 0 Å². The van der Waals surface area contributed by atoms with E-state index in [2.05, 4.69) is 13.8 Å². The maximum absolute atomic E-state index is 10.5. The average molecular weight is 211 g/mol. The summed E-state index contributed by atoms with van der Waals surface area (Å²) in [5.41, 5.74) is 5.68. The van der Waals surface area contributed by atoms with Crippen LogP contribution in [0.25, 0.3) is 0 Å². The van der Waals surface area contributed by atoms with Crippen LogP contribution in [0.2, 0.25) is 0 Å². The quantitative estimate of drug-likeness (QED) is 0.783. The van der Waals surface area contributed by atoms with Crippen LogP contribution in [0.15, 0.2) is 16.5 Å². The Morgan fingerprint density at radius 1 is 1.53 bits per heavy atom. The van der Waals surface area contributed by atoms with Gasteiger partial charge in [0.1, 0.15) is 11.5 Å². The van der Waals surface area contributed by atoms with Gasteiger partial charge < -0.3 is 15.3 Å². The van der Waals surface area contributed by atoms with E-state index < -0.39 is 12.0 Å². The fourth-order valence-corrected chi connectivity index (χ4v) is 1.32. The van der Waals surface area contributed by atoms with E-state index in [1.54, 1.807) is 6.07 Å². The summed E-state index contributed by atoms with van der Waals surface area (Å²) in [6.07, 6.45) is 0.884. The van der Waals surface area contributed by atoms with Crippen LogP contribution in [-0.4, -0.2) is 11.1 Å². The number of aliphatic carboxylic acids is 1. The highest BCUT2D eigenvalue weighted by molar-refractivity contribution is 5.67. The van der Waals surface area contributed by atoms with E-state index in [1.807, 2.05) is 6.07 Å². The molecule has 0 amide bonds. The van der Waals surface area contributed by atoms with Gasteiger partial charge in [-0.2, -0.15) is 0 Å². The summed E-state index contributed by atoms with van der Waals surface area (Å²) >= 11 is 0. The SMILES string of the molecule is CCC(C)c1ccc(C(N)CC(=O)O)o1. The van der Waals surface area contributed by atoms with E-state index >= 15 is 0 Å². The van der Waals surface area contributed by atoms with Crippen molar-refractivity contribution in [2.24, 2.45) is 5.73 Å². The molecule has 0 aliphatic heterocycles. The number of hydrogen-bond acceptors (Lipinski definition) is 3. The molecule has 0 aliphatic carbocycles. The van der Waals surface area contributed by atoms with Gasteiger partial charge in [0.15, 0.2) is 0 Å². The topological polar surface area (TPSA) is 76.5 Å². The lowest BCUT2D eigenvalue weighted by Gasteiger charge is -2.06. The van der Waals surface area contributed by atoms with Gasteiger partial charge in [0, 0.05) is 5.92 Å². The van der Waals surface area contributed by atoms with Crippen LogP contribution < -0.4 is 5.73 Å². The fourth-order valence-electron chi connectivity index (χ4n) is 1.32. The van der Waals surface area contributed by atoms with Crippen LogP contribution >= 0.6 is 0 Å². The first-order chi connectivity index (χ1) is 7.04. The van der Waals surface area contributed by atoms with Crippen molar-refractivity contribution >= 4 is 5.97 Å². The van der Waals surface area contributed by atoms with Crippen molar-refractivity contribution in [3.8, 4) is 0 Å². The molecule has 4 heteroatoms. The molecular formula is C11H17NO3. The Morgan fingerprint density at radius 3 is 2.67 bits per heavy atom. The number of rotatable bonds is 5. The van der Waals surface area contributed by atoms with E-state index in [0.29, 0.717) is 11.7 Å². The summed E-state index contributed by atoms with van der Waals surface area (Å²) in [5, 5.41) is 8.59. The van der Waals surface area contributed by atoms with E-state index in [0.717, 1.165) is 12.2 Å². The molecule has 1 aromatic heterocycles. The van der Waals surface area contributed by atoms with Crippen LogP contribution in [0.5, 0.6) is 0 Å². The van der Waals surface area contributed by atoms with Gasteiger partial charge >= 0.3 is 5.97 Å². The van der Waals surface area contributed by atoms with E-state index in [9.17, 15) is 4.79 Å². The van der Waals surface area contributed by atoms with Crippen molar-refractivity contribution in [3.63, 3.8) is 0 Å². The standard InChI is InChI=1S/C11H17NO3/c1-3-7(2)9-4-5-10(15-9)8(12)6-11(13)14/h4-5,7-8H,3,6,12H2,1-2H3,(H,13,14). The summed E-state index contributed by atoms with van der Waals surface area (Å²) in [6.45, 7) is 4.13. The van der Waals surface area contributed by atoms with Crippen LogP contribution in [0.1, 0.15) is 50.2 Å². The third-order valence-electron chi connectivity index (χ3n) is 2.51. The predicted octanol–water partition coefficient (Wildman–Crippen LogP) is 2.27. The molecule has 0 aromatic carbocycles. The molecule has 1 aromatic rings. The molecule has 1 rings (SSSR count). The second-order valence-corrected chi connectivity index (χ2v) is 3.75. The number of carboxylic acids is 1. The third-order valence-corrected chi connectivity index (χ3v) is 2.51. The maximum Gasteiger partial charge on any atom is 0.305 e. The average Bonchev–Trinajstić information content (AvgIpc) is 2.64. The number of carboxylic acid groups (broad SMARTS) is 1. The highest BCUT2D eigenvalue weighted by atomic mass is 16.4. The first kappa shape index (κ1) is 11.8. The molecule has 1 heterocycles. The lowest BCUT2D eigenvalue weighted by atomic mass is 10.1. The minimum Gasteiger partial charge on any atom is -0.481 e. The molecule has 2 atom stereocenters. The van der Waals surface area contributed by atoms with Crippen LogP contribution in [0, 0.1) is 0 Å². The Hall–Kier alpha value is -1.29. The van der Waals surface area contributed by atoms with Crippen molar-refractivity contribution < 1.29 is 14.3 Å². The maximum atomic E-state index is 10.5. The second-order valence-electron chi connectivity index (χ2n) is 3.75. The Morgan fingerprint density at radius 2 is 2.13 bits per heavy atom. The largest absolute Gasteiger partial charge is 0.481 e. The summed E-state index contributed by atoms with van der Waals surface area (Å²) in [6, 6.07) is 3.07. The van der Waals surface area contributed by atoms with E-state index in [-0.39, 0.29) is 6.42 Å². The molecule has 84 valence electrons. The molecule has 0 fully saturated rings. The lowest BCUT2D eigenvalue weighted by molar-refractivity contribution is -0.137. The zero-order valence-electron chi connectivity index (χ0n) is 9.06. The summed E-state index contributed by atoms with van der Waals surface area (Å²) < 4.78 is 5.51. The number of hydrogen-bond donors (Lipinski definition) is 2. The molecule has 2 unspecified atom stereocenters. The van der Waals surface area contributed by atoms with Gasteiger partial charge in [0.05, 0.1) is 12.5 Å². The molecule has 4 nitrogen and oxygen atoms in total. The smallest absolute Gasteiger partial charge is 0.305 e. The molecule has 0 saturated heterocycles. The van der Waals surface area contributed by atoms with Crippen molar-refractivity contribution in [2.45, 2.75) is 38.6 Å². The Bertz CT molecular complexity index is 332. The molecule has 0 radical (unpaired) electrons. The predicted molar refractivity (Wildman–Crippen MR) is 56.6 cm³/mol. The van der Waals surface area contributed by atoms with Crippen LogP contribution in [0.4, 0.5) is 0 Å². The van der Waals surface area contributed by atoms with Crippen LogP contribution in [-0.2, 0) is 4.79 Å². The van der Waals surface area contributed by atoms with Gasteiger partial charge in [-0.25, -0.2) is 0 Å². The number of nitrogens with two attached hydrogens (primary N) is 1. The molecule has 15 heavy (non-hydrogen) atoms. The van der Waals surface area contributed by atoms with Gasteiger partial charge in [-0.15, -0.1) is 0 Å². The first-order valence-electron chi connectivity index (χ1n) is 5.11. The van der Waals surface area contributed by atoms with Gasteiger partial charge in [-0.05, 0) is 18.6 Å². The van der Waals surface area contributed by atoms with Gasteiger partial charge in [0.2, 0.25) is 0 Å². The van der Waals surface area contributed by atoms with E-state index in [4.69, 9.17) is 15.3 Å². The Kier molecular flexibility index (Phi) is 3.91. The fraction of sp³-hybridized carbons (Fsp3) is 0.545. The van der Waals surface area contributed by atoms with Crippen molar-refractivity contribution in [2.75, 3.05) is 0 Å². The zero-order valence-corrected chi connectivity index (χ0v) is 9.06. The molecule has 0 saturated carbocycles. The van der Waals surface area contributed by atoms with E-state index in [1.165, 1.54) is 0 Å². The molecule has 0 spiro atoms. The van der Waals surface area contributed by atoms with Crippen molar-refractivity contribution in [1.29, 1.82) is 0 Å². The zero-order chi connectivity index (χ0) is 11.4. The Balaban J connectivity index is 2.70. The minimum absolute atomic E-state index is 0.104. The van der Waals surface area contributed by atoms with Gasteiger partial charge in [-0.1, -0.05) is 13.8 Å². The van der Waals surface area contributed by atoms with Crippen molar-refractivity contribution in [1.82, 2.24) is 0 Å². The van der Waals surface area contributed by atoms with Crippen molar-refractivity contribution in [3.05, 3.63) is 23.7 Å². The molecule has 3 N–H and O–H groups in total. The number of furan rings is 1. The second kappa shape index (κ2) is 4.98. The van der Waals surface area contributed by atoms with Gasteiger partial charge in [0.25, 0.3) is 0 Å². The third kappa shape index (κ3) is 3.09. The summed E-state index contributed by atoms with van der Waals surface area (Å²) in [7, 11) is 0. The lowest BCUT2D eigenvalue weighted by Crippen LogP contribution is -2.14. The Labute approximate surface area is 89.1 Å². The molecular weight excluding hydrogens is 194 g/mol. The molecule has 0 aliphatic rings. The first-order valence-corrected chi connectivity index (χ1v) is 5.11. The monoisotopic (exact) mass is 211 g/mol. The number of carbonyl (C=O) groups is 1. The minimum atomic E-state index is -0.913. The highest BCUT2D eigenvalue weighted by Crippen LogP contribution is 2.24.